The van der Waals surface area contributed by atoms with E-state index in [9.17, 15) is 9.59 Å². The maximum absolute atomic E-state index is 13.6. The molecule has 2 saturated heterocycles. The lowest BCUT2D eigenvalue weighted by atomic mass is 9.55. The maximum Gasteiger partial charge on any atom is 0.192 e. The number of fused-ring (bicyclic) bond motifs is 1. The fourth-order valence-corrected chi connectivity index (χ4v) is 8.84. The summed E-state index contributed by atoms with van der Waals surface area (Å²) in [4.78, 5) is 25.7. The molecule has 2 spiro atoms. The third kappa shape index (κ3) is 2.58. The van der Waals surface area contributed by atoms with Gasteiger partial charge < -0.3 is 9.16 Å². The monoisotopic (exact) mass is 430 g/mol. The summed E-state index contributed by atoms with van der Waals surface area (Å²) in [6.07, 6.45) is 9.00. The number of Topliss-reactive ketones (excluding diaryl/α,β-unsaturated/α-hetero) is 1. The number of ether oxygens (including phenoxy) is 1. The largest absolute Gasteiger partial charge is 0.413 e. The van der Waals surface area contributed by atoms with E-state index in [0.717, 1.165) is 38.5 Å². The fraction of sp³-hybridized carbons (Fsp3) is 0.840. The zero-order valence-corrected chi connectivity index (χ0v) is 20.6. The Balaban J connectivity index is 1.49. The first-order chi connectivity index (χ1) is 13.8. The van der Waals surface area contributed by atoms with E-state index in [1.807, 2.05) is 0 Å². The number of ketones is 2. The van der Waals surface area contributed by atoms with Gasteiger partial charge in [-0.25, -0.2) is 0 Å². The van der Waals surface area contributed by atoms with Crippen LogP contribution in [0.1, 0.15) is 79.1 Å². The minimum absolute atomic E-state index is 0.0730. The van der Waals surface area contributed by atoms with Gasteiger partial charge in [0.2, 0.25) is 0 Å². The molecule has 30 heavy (non-hydrogen) atoms. The summed E-state index contributed by atoms with van der Waals surface area (Å²) in [5.41, 5.74) is -0.0535. The second-order valence-corrected chi connectivity index (χ2v) is 17.3. The molecular formula is C25H38O4Si. The molecule has 4 nitrogen and oxygen atoms in total. The van der Waals surface area contributed by atoms with E-state index in [1.54, 1.807) is 6.08 Å². The molecule has 5 rings (SSSR count). The lowest BCUT2D eigenvalue weighted by Crippen LogP contribution is -2.63. The van der Waals surface area contributed by atoms with Crippen molar-refractivity contribution in [3.05, 3.63) is 11.6 Å². The Kier molecular flexibility index (Phi) is 4.33. The second kappa shape index (κ2) is 6.17. The third-order valence-corrected chi connectivity index (χ3v) is 14.6. The van der Waals surface area contributed by atoms with Crippen LogP contribution in [-0.2, 0) is 18.8 Å². The number of allylic oxidation sites excluding steroid dienone is 1. The Morgan fingerprint density at radius 3 is 2.50 bits per heavy atom. The van der Waals surface area contributed by atoms with E-state index in [1.165, 1.54) is 0 Å². The van der Waals surface area contributed by atoms with Crippen LogP contribution in [0.2, 0.25) is 18.1 Å². The predicted molar refractivity (Wildman–Crippen MR) is 119 cm³/mol. The zero-order chi connectivity index (χ0) is 21.7. The quantitative estimate of drug-likeness (QED) is 0.553. The number of hydrogen-bond acceptors (Lipinski definition) is 4. The van der Waals surface area contributed by atoms with Gasteiger partial charge in [0, 0.05) is 12.0 Å². The average molecular weight is 431 g/mol. The molecule has 6 atom stereocenters. The van der Waals surface area contributed by atoms with Gasteiger partial charge in [0.25, 0.3) is 0 Å². The molecule has 3 aliphatic carbocycles. The van der Waals surface area contributed by atoms with Crippen LogP contribution in [0.3, 0.4) is 0 Å². The summed E-state index contributed by atoms with van der Waals surface area (Å²) in [7, 11) is -1.87. The highest BCUT2D eigenvalue weighted by Crippen LogP contribution is 2.68. The Hall–Kier alpha value is -0.783. The van der Waals surface area contributed by atoms with Crippen molar-refractivity contribution in [2.45, 2.75) is 114 Å². The van der Waals surface area contributed by atoms with Crippen LogP contribution in [-0.4, -0.2) is 37.2 Å². The summed E-state index contributed by atoms with van der Waals surface area (Å²) >= 11 is 0. The first kappa shape index (κ1) is 21.1. The number of carbonyl (C=O) groups excluding carboxylic acids is 2. The highest BCUT2D eigenvalue weighted by Gasteiger charge is 2.72. The Morgan fingerprint density at radius 1 is 1.07 bits per heavy atom. The van der Waals surface area contributed by atoms with Gasteiger partial charge in [-0.2, -0.15) is 0 Å². The molecule has 0 aromatic rings. The van der Waals surface area contributed by atoms with E-state index < -0.39 is 13.9 Å². The first-order valence-electron chi connectivity index (χ1n) is 12.0. The molecule has 4 fully saturated rings. The highest BCUT2D eigenvalue weighted by atomic mass is 28.4. The number of carbonyl (C=O) groups is 2. The van der Waals surface area contributed by atoms with Gasteiger partial charge in [0.05, 0.1) is 23.2 Å². The molecular weight excluding hydrogens is 392 g/mol. The van der Waals surface area contributed by atoms with Crippen LogP contribution in [0.15, 0.2) is 11.6 Å². The van der Waals surface area contributed by atoms with Gasteiger partial charge in [-0.15, -0.1) is 0 Å². The Bertz CT molecular complexity index is 839. The minimum atomic E-state index is -1.87. The summed E-state index contributed by atoms with van der Waals surface area (Å²) in [5.74, 6) is 0.620. The molecule has 1 unspecified atom stereocenters. The molecule has 0 amide bonds. The first-order valence-corrected chi connectivity index (χ1v) is 14.9. The van der Waals surface area contributed by atoms with Gasteiger partial charge in [-0.3, -0.25) is 9.59 Å². The zero-order valence-electron chi connectivity index (χ0n) is 19.6. The topological polar surface area (TPSA) is 52.6 Å². The molecule has 166 valence electrons. The molecule has 5 heteroatoms. The lowest BCUT2D eigenvalue weighted by molar-refractivity contribution is -0.213. The SMILES string of the molecule is CC(C)(C)[Si](C)(C)O[C@H]1CC[C@@H]2[C@]1(C)CCC1C(=O)C3=CC(=O)CC[C@@]34CC[C@]12O4. The van der Waals surface area contributed by atoms with Gasteiger partial charge in [0.15, 0.2) is 19.9 Å². The predicted octanol–water partition coefficient (Wildman–Crippen LogP) is 5.36. The molecule has 2 saturated carbocycles. The Labute approximate surface area is 182 Å². The van der Waals surface area contributed by atoms with Gasteiger partial charge in [-0.1, -0.05) is 27.7 Å². The summed E-state index contributed by atoms with van der Waals surface area (Å²) in [6.45, 7) is 14.1. The van der Waals surface area contributed by atoms with E-state index in [4.69, 9.17) is 9.16 Å². The van der Waals surface area contributed by atoms with Gasteiger partial charge in [0.1, 0.15) is 0 Å². The molecule has 0 aromatic heterocycles. The van der Waals surface area contributed by atoms with Gasteiger partial charge >= 0.3 is 0 Å². The maximum atomic E-state index is 13.6. The third-order valence-electron chi connectivity index (χ3n) is 10.1. The highest BCUT2D eigenvalue weighted by molar-refractivity contribution is 6.74. The molecule has 5 aliphatic rings. The van der Waals surface area contributed by atoms with Crippen LogP contribution in [0.4, 0.5) is 0 Å². The molecule has 0 N–H and O–H groups in total. The molecule has 0 aromatic carbocycles. The molecule has 2 heterocycles. The van der Waals surface area contributed by atoms with Crippen LogP contribution in [0.25, 0.3) is 0 Å². The lowest BCUT2D eigenvalue weighted by Gasteiger charge is -2.58. The van der Waals surface area contributed by atoms with E-state index in [0.29, 0.717) is 24.3 Å². The number of hydrogen-bond donors (Lipinski definition) is 0. The van der Waals surface area contributed by atoms with E-state index >= 15 is 0 Å². The van der Waals surface area contributed by atoms with Crippen LogP contribution >= 0.6 is 0 Å². The van der Waals surface area contributed by atoms with Crippen molar-refractivity contribution in [2.24, 2.45) is 17.3 Å². The number of rotatable bonds is 2. The van der Waals surface area contributed by atoms with Crippen molar-refractivity contribution in [3.63, 3.8) is 0 Å². The van der Waals surface area contributed by atoms with Crippen LogP contribution < -0.4 is 0 Å². The summed E-state index contributed by atoms with van der Waals surface area (Å²) in [5, 5.41) is 0.194. The van der Waals surface area contributed by atoms with Crippen LogP contribution in [0.5, 0.6) is 0 Å². The minimum Gasteiger partial charge on any atom is -0.413 e. The standard InChI is InChI=1S/C25H38O4Si/c1-22(2,3)30(5,6)28-20-8-7-19-23(20,4)11-10-17-21(27)18-15-16(26)9-12-24(18)13-14-25(17,19)29-24/h15,17,19-20H,7-14H2,1-6H3/t17?,19-,20+,23+,24-,25+/m1/s1. The van der Waals surface area contributed by atoms with E-state index in [-0.39, 0.29) is 39.6 Å². The fourth-order valence-electron chi connectivity index (χ4n) is 7.39. The normalized spacial score (nSPS) is 45.7. The Morgan fingerprint density at radius 2 is 1.80 bits per heavy atom. The van der Waals surface area contributed by atoms with Crippen molar-refractivity contribution in [3.8, 4) is 0 Å². The average Bonchev–Trinajstić information content (AvgIpc) is 3.14. The van der Waals surface area contributed by atoms with Crippen molar-refractivity contribution < 1.29 is 18.8 Å². The second-order valence-electron chi connectivity index (χ2n) is 12.5. The molecule has 2 aliphatic heterocycles. The molecule has 2 bridgehead atoms. The van der Waals surface area contributed by atoms with Crippen LogP contribution in [0, 0.1) is 17.3 Å². The smallest absolute Gasteiger partial charge is 0.192 e. The van der Waals surface area contributed by atoms with E-state index in [2.05, 4.69) is 40.8 Å². The summed E-state index contributed by atoms with van der Waals surface area (Å²) < 4.78 is 14.0. The van der Waals surface area contributed by atoms with Crippen molar-refractivity contribution in [1.29, 1.82) is 0 Å². The van der Waals surface area contributed by atoms with Crippen molar-refractivity contribution in [2.75, 3.05) is 0 Å². The van der Waals surface area contributed by atoms with Gasteiger partial charge in [-0.05, 0) is 80.5 Å². The molecule has 0 radical (unpaired) electrons. The summed E-state index contributed by atoms with van der Waals surface area (Å²) in [6, 6.07) is 0. The van der Waals surface area contributed by atoms with Crippen molar-refractivity contribution in [1.82, 2.24) is 0 Å². The van der Waals surface area contributed by atoms with Crippen molar-refractivity contribution >= 4 is 19.9 Å².